The second-order valence-corrected chi connectivity index (χ2v) is 9.19. The van der Waals surface area contributed by atoms with Crippen molar-refractivity contribution in [3.05, 3.63) is 43.0 Å². The molecular formula is C21H33NOS. The summed E-state index contributed by atoms with van der Waals surface area (Å²) in [6.45, 7) is 13.1. The van der Waals surface area contributed by atoms with E-state index in [4.69, 9.17) is 4.84 Å². The van der Waals surface area contributed by atoms with Crippen molar-refractivity contribution in [1.29, 1.82) is 0 Å². The third-order valence-electron chi connectivity index (χ3n) is 4.76. The number of piperidine rings is 1. The molecule has 2 rings (SSSR count). The topological polar surface area (TPSA) is 12.5 Å². The Morgan fingerprint density at radius 1 is 1.17 bits per heavy atom. The van der Waals surface area contributed by atoms with Gasteiger partial charge in [-0.2, -0.15) is 5.06 Å². The van der Waals surface area contributed by atoms with Crippen LogP contribution in [0.4, 0.5) is 0 Å². The minimum absolute atomic E-state index is 0.0791. The van der Waals surface area contributed by atoms with Gasteiger partial charge in [-0.05, 0) is 78.4 Å². The summed E-state index contributed by atoms with van der Waals surface area (Å²) in [5, 5.41) is 2.29. The first-order valence-corrected chi connectivity index (χ1v) is 10.0. The first kappa shape index (κ1) is 19.6. The van der Waals surface area contributed by atoms with Gasteiger partial charge < -0.3 is 0 Å². The van der Waals surface area contributed by atoms with Gasteiger partial charge in [0.25, 0.3) is 0 Å². The number of hydroxylamine groups is 2. The highest BCUT2D eigenvalue weighted by molar-refractivity contribution is 7.99. The monoisotopic (exact) mass is 347 g/mol. The molecule has 0 radical (unpaired) electrons. The predicted molar refractivity (Wildman–Crippen MR) is 105 cm³/mol. The molecule has 1 aliphatic rings. The molecule has 0 N–H and O–H groups in total. The van der Waals surface area contributed by atoms with E-state index in [2.05, 4.69) is 69.7 Å². The number of hydrogen-bond acceptors (Lipinski definition) is 3. The third-order valence-corrected chi connectivity index (χ3v) is 5.89. The molecule has 24 heavy (non-hydrogen) atoms. The van der Waals surface area contributed by atoms with Crippen molar-refractivity contribution in [2.45, 2.75) is 87.6 Å². The van der Waals surface area contributed by atoms with Gasteiger partial charge in [0.1, 0.15) is 5.44 Å². The summed E-state index contributed by atoms with van der Waals surface area (Å²) in [7, 11) is 0. The van der Waals surface area contributed by atoms with Gasteiger partial charge in [-0.15, -0.1) is 6.58 Å². The van der Waals surface area contributed by atoms with E-state index < -0.39 is 0 Å². The van der Waals surface area contributed by atoms with Crippen molar-refractivity contribution in [2.24, 2.45) is 0 Å². The maximum Gasteiger partial charge on any atom is 0.129 e. The van der Waals surface area contributed by atoms with Crippen molar-refractivity contribution in [3.63, 3.8) is 0 Å². The standard InChI is InChI=1S/C21H33NOS/c1-6-7-9-15-19(24-18-13-10-8-11-14-18)23-22-20(2,3)16-12-17-21(22,4)5/h6,8,10-11,13-14,19H,1,7,9,12,15-17H2,2-5H3. The molecule has 134 valence electrons. The lowest BCUT2D eigenvalue weighted by molar-refractivity contribution is -0.289. The normalized spacial score (nSPS) is 21.3. The van der Waals surface area contributed by atoms with Crippen LogP contribution in [0.2, 0.25) is 0 Å². The number of nitrogens with zero attached hydrogens (tertiary/aromatic N) is 1. The summed E-state index contributed by atoms with van der Waals surface area (Å²) < 4.78 is 0. The van der Waals surface area contributed by atoms with Gasteiger partial charge in [0.2, 0.25) is 0 Å². The van der Waals surface area contributed by atoms with E-state index >= 15 is 0 Å². The summed E-state index contributed by atoms with van der Waals surface area (Å²) in [5.74, 6) is 0. The summed E-state index contributed by atoms with van der Waals surface area (Å²) in [6.07, 6.45) is 8.84. The Morgan fingerprint density at radius 2 is 1.79 bits per heavy atom. The quantitative estimate of drug-likeness (QED) is 0.232. The van der Waals surface area contributed by atoms with Crippen LogP contribution in [0.1, 0.15) is 66.2 Å². The highest BCUT2D eigenvalue weighted by Gasteiger charge is 2.43. The molecule has 0 spiro atoms. The van der Waals surface area contributed by atoms with E-state index in [1.165, 1.54) is 24.2 Å². The molecule has 1 aromatic rings. The van der Waals surface area contributed by atoms with Crippen molar-refractivity contribution in [3.8, 4) is 0 Å². The van der Waals surface area contributed by atoms with Crippen molar-refractivity contribution in [2.75, 3.05) is 0 Å². The van der Waals surface area contributed by atoms with Crippen LogP contribution >= 0.6 is 11.8 Å². The number of benzene rings is 1. The van der Waals surface area contributed by atoms with Crippen LogP contribution in [-0.4, -0.2) is 21.6 Å². The molecule has 1 saturated heterocycles. The average molecular weight is 348 g/mol. The van der Waals surface area contributed by atoms with Crippen molar-refractivity contribution >= 4 is 11.8 Å². The smallest absolute Gasteiger partial charge is 0.129 e. The first-order chi connectivity index (χ1) is 11.3. The molecule has 1 fully saturated rings. The zero-order chi connectivity index (χ0) is 17.6. The fourth-order valence-corrected chi connectivity index (χ4v) is 4.62. The molecule has 1 heterocycles. The summed E-state index contributed by atoms with van der Waals surface area (Å²) in [6, 6.07) is 10.6. The maximum atomic E-state index is 6.63. The zero-order valence-corrected chi connectivity index (χ0v) is 16.6. The fourth-order valence-electron chi connectivity index (χ4n) is 3.59. The van der Waals surface area contributed by atoms with Crippen LogP contribution in [-0.2, 0) is 4.84 Å². The zero-order valence-electron chi connectivity index (χ0n) is 15.8. The van der Waals surface area contributed by atoms with Crippen LogP contribution in [0.5, 0.6) is 0 Å². The van der Waals surface area contributed by atoms with E-state index in [-0.39, 0.29) is 16.5 Å². The second-order valence-electron chi connectivity index (χ2n) is 7.96. The third kappa shape index (κ3) is 5.37. The highest BCUT2D eigenvalue weighted by atomic mass is 32.2. The molecule has 1 atom stereocenters. The molecule has 3 heteroatoms. The Kier molecular flexibility index (Phi) is 6.97. The average Bonchev–Trinajstić information content (AvgIpc) is 2.51. The van der Waals surface area contributed by atoms with E-state index in [9.17, 15) is 0 Å². The predicted octanol–water partition coefficient (Wildman–Crippen LogP) is 6.44. The van der Waals surface area contributed by atoms with Crippen LogP contribution in [0.3, 0.4) is 0 Å². The SMILES string of the molecule is C=CCCCC(ON1C(C)(C)CCCC1(C)C)Sc1ccccc1. The van der Waals surface area contributed by atoms with Crippen molar-refractivity contribution in [1.82, 2.24) is 5.06 Å². The number of unbranched alkanes of at least 4 members (excludes halogenated alkanes) is 1. The Hall–Kier alpha value is -0.770. The van der Waals surface area contributed by atoms with Gasteiger partial charge in [-0.1, -0.05) is 36.0 Å². The Morgan fingerprint density at radius 3 is 2.38 bits per heavy atom. The van der Waals surface area contributed by atoms with E-state index in [0.29, 0.717) is 0 Å². The van der Waals surface area contributed by atoms with Gasteiger partial charge in [-0.3, -0.25) is 4.84 Å². The lowest BCUT2D eigenvalue weighted by Gasteiger charge is -2.52. The second kappa shape index (κ2) is 8.55. The van der Waals surface area contributed by atoms with Gasteiger partial charge in [0.05, 0.1) is 0 Å². The summed E-state index contributed by atoms with van der Waals surface area (Å²) in [5.41, 5.74) is 0.301. The largest absolute Gasteiger partial charge is 0.283 e. The summed E-state index contributed by atoms with van der Waals surface area (Å²) >= 11 is 1.84. The molecule has 1 unspecified atom stereocenters. The molecule has 0 bridgehead atoms. The van der Waals surface area contributed by atoms with E-state index in [1.807, 2.05) is 17.8 Å². The van der Waals surface area contributed by atoms with Crippen molar-refractivity contribution < 1.29 is 4.84 Å². The summed E-state index contributed by atoms with van der Waals surface area (Å²) in [4.78, 5) is 7.91. The molecule has 0 aliphatic carbocycles. The Balaban J connectivity index is 2.11. The van der Waals surface area contributed by atoms with E-state index in [1.54, 1.807) is 0 Å². The van der Waals surface area contributed by atoms with Gasteiger partial charge in [0.15, 0.2) is 0 Å². The van der Waals surface area contributed by atoms with Gasteiger partial charge in [0, 0.05) is 16.0 Å². The lowest BCUT2D eigenvalue weighted by atomic mass is 9.82. The van der Waals surface area contributed by atoms with Crippen LogP contribution in [0, 0.1) is 0 Å². The highest BCUT2D eigenvalue weighted by Crippen LogP contribution is 2.41. The van der Waals surface area contributed by atoms with Gasteiger partial charge >= 0.3 is 0 Å². The molecular weight excluding hydrogens is 314 g/mol. The maximum absolute atomic E-state index is 6.63. The number of hydrogen-bond donors (Lipinski definition) is 0. The molecule has 0 saturated carbocycles. The molecule has 1 aliphatic heterocycles. The van der Waals surface area contributed by atoms with Crippen LogP contribution < -0.4 is 0 Å². The number of allylic oxidation sites excluding steroid dienone is 1. The first-order valence-electron chi connectivity index (χ1n) is 9.15. The van der Waals surface area contributed by atoms with Crippen LogP contribution in [0.15, 0.2) is 47.9 Å². The molecule has 1 aromatic carbocycles. The molecule has 0 amide bonds. The fraction of sp³-hybridized carbons (Fsp3) is 0.619. The molecule has 2 nitrogen and oxygen atoms in total. The molecule has 0 aromatic heterocycles. The number of thioether (sulfide) groups is 1. The van der Waals surface area contributed by atoms with E-state index in [0.717, 1.165) is 19.3 Å². The Bertz CT molecular complexity index is 496. The minimum atomic E-state index is 0.0791. The minimum Gasteiger partial charge on any atom is -0.283 e. The lowest BCUT2D eigenvalue weighted by Crippen LogP contribution is -2.59. The van der Waals surface area contributed by atoms with Gasteiger partial charge in [-0.25, -0.2) is 0 Å². The number of rotatable bonds is 8. The Labute approximate surface area is 152 Å². The van der Waals surface area contributed by atoms with Crippen LogP contribution in [0.25, 0.3) is 0 Å².